The lowest BCUT2D eigenvalue weighted by Crippen LogP contribution is -2.07. The maximum Gasteiger partial charge on any atom is 0.248 e. The quantitative estimate of drug-likeness (QED) is 0.661. The second-order valence-corrected chi connectivity index (χ2v) is 5.53. The Morgan fingerprint density at radius 1 is 0.962 bits per heavy atom. The minimum Gasteiger partial charge on any atom is -0.457 e. The van der Waals surface area contributed by atoms with Crippen molar-refractivity contribution in [2.45, 2.75) is 6.61 Å². The van der Waals surface area contributed by atoms with Crippen molar-refractivity contribution in [3.8, 4) is 11.5 Å². The van der Waals surface area contributed by atoms with Gasteiger partial charge in [0.1, 0.15) is 11.5 Å². The number of hydrogen-bond donors (Lipinski definition) is 2. The Morgan fingerprint density at radius 3 is 2.19 bits per heavy atom. The molecule has 0 bridgehead atoms. The van der Waals surface area contributed by atoms with Crippen LogP contribution in [0.1, 0.15) is 11.1 Å². The predicted molar refractivity (Wildman–Crippen MR) is 101 cm³/mol. The van der Waals surface area contributed by atoms with E-state index in [2.05, 4.69) is 10.3 Å². The monoisotopic (exact) mass is 346 g/mol. The first-order chi connectivity index (χ1) is 12.7. The van der Waals surface area contributed by atoms with E-state index >= 15 is 0 Å². The first-order valence-corrected chi connectivity index (χ1v) is 8.10. The van der Waals surface area contributed by atoms with Crippen LogP contribution in [0, 0.1) is 0 Å². The normalized spacial score (nSPS) is 10.7. The molecular formula is C21H18N2O3. The number of benzene rings is 2. The summed E-state index contributed by atoms with van der Waals surface area (Å²) in [5, 5.41) is 11.8. The molecule has 0 saturated carbocycles. The molecule has 5 nitrogen and oxygen atoms in total. The largest absolute Gasteiger partial charge is 0.457 e. The van der Waals surface area contributed by atoms with Crippen molar-refractivity contribution in [3.05, 3.63) is 90.3 Å². The molecule has 0 atom stereocenters. The molecule has 1 heterocycles. The Hall–Kier alpha value is -3.44. The second kappa shape index (κ2) is 8.60. The number of pyridine rings is 1. The maximum atomic E-state index is 12.0. The summed E-state index contributed by atoms with van der Waals surface area (Å²) in [6.45, 7) is 0.00425. The van der Waals surface area contributed by atoms with Gasteiger partial charge in [0.25, 0.3) is 0 Å². The van der Waals surface area contributed by atoms with E-state index in [1.807, 2.05) is 12.1 Å². The number of nitrogens with zero attached hydrogens (tertiary/aromatic N) is 1. The molecule has 0 saturated heterocycles. The summed E-state index contributed by atoms with van der Waals surface area (Å²) in [5.41, 5.74) is 2.42. The number of aromatic nitrogens is 1. The predicted octanol–water partition coefficient (Wildman–Crippen LogP) is 4.02. The van der Waals surface area contributed by atoms with Gasteiger partial charge >= 0.3 is 0 Å². The number of amides is 1. The molecule has 0 aliphatic carbocycles. The van der Waals surface area contributed by atoms with Gasteiger partial charge in [0, 0.05) is 24.2 Å². The summed E-state index contributed by atoms with van der Waals surface area (Å²) in [6, 6.07) is 18.0. The zero-order chi connectivity index (χ0) is 18.2. The zero-order valence-corrected chi connectivity index (χ0v) is 14.0. The van der Waals surface area contributed by atoms with Gasteiger partial charge in [0.15, 0.2) is 0 Å². The topological polar surface area (TPSA) is 71.5 Å². The van der Waals surface area contributed by atoms with E-state index in [1.165, 1.54) is 6.08 Å². The van der Waals surface area contributed by atoms with Gasteiger partial charge in [-0.15, -0.1) is 0 Å². The average molecular weight is 346 g/mol. The third-order valence-electron chi connectivity index (χ3n) is 3.60. The van der Waals surface area contributed by atoms with Gasteiger partial charge in [-0.05, 0) is 65.7 Å². The molecule has 1 amide bonds. The van der Waals surface area contributed by atoms with Crippen molar-refractivity contribution in [1.29, 1.82) is 0 Å². The molecule has 130 valence electrons. The third-order valence-corrected chi connectivity index (χ3v) is 3.60. The Balaban J connectivity index is 1.56. The minimum absolute atomic E-state index is 0.00425. The molecule has 2 aromatic carbocycles. The number of carbonyl (C=O) groups excluding carboxylic acids is 1. The fraction of sp³-hybridized carbons (Fsp3) is 0.0476. The Bertz CT molecular complexity index is 873. The number of aliphatic hydroxyl groups excluding tert-OH is 1. The molecule has 0 aliphatic rings. The Kier molecular flexibility index (Phi) is 5.75. The van der Waals surface area contributed by atoms with Gasteiger partial charge in [0.05, 0.1) is 6.61 Å². The van der Waals surface area contributed by atoms with Crippen LogP contribution >= 0.6 is 0 Å². The van der Waals surface area contributed by atoms with Crippen LogP contribution in [0.2, 0.25) is 0 Å². The molecule has 2 N–H and O–H groups in total. The van der Waals surface area contributed by atoms with Gasteiger partial charge in [-0.3, -0.25) is 9.78 Å². The van der Waals surface area contributed by atoms with Crippen LogP contribution in [0.4, 0.5) is 5.69 Å². The number of nitrogens with one attached hydrogen (secondary N) is 1. The van der Waals surface area contributed by atoms with Crippen molar-refractivity contribution in [1.82, 2.24) is 4.98 Å². The highest BCUT2D eigenvalue weighted by molar-refractivity contribution is 6.01. The Morgan fingerprint density at radius 2 is 1.58 bits per heavy atom. The van der Waals surface area contributed by atoms with E-state index in [4.69, 9.17) is 9.84 Å². The molecule has 0 fully saturated rings. The average Bonchev–Trinajstić information content (AvgIpc) is 2.69. The lowest BCUT2D eigenvalue weighted by Gasteiger charge is -2.08. The molecule has 0 unspecified atom stereocenters. The van der Waals surface area contributed by atoms with Crippen LogP contribution in [0.5, 0.6) is 11.5 Å². The van der Waals surface area contributed by atoms with Crippen LogP contribution in [-0.2, 0) is 11.4 Å². The molecular weight excluding hydrogens is 328 g/mol. The third kappa shape index (κ3) is 5.03. The highest BCUT2D eigenvalue weighted by Crippen LogP contribution is 2.23. The summed E-state index contributed by atoms with van der Waals surface area (Å²) in [6.07, 6.45) is 6.55. The second-order valence-electron chi connectivity index (χ2n) is 5.53. The number of carbonyl (C=O) groups is 1. The SMILES string of the molecule is O=C(/C=C/c1ccncc1)Nc1ccc(Oc2ccc(CO)cc2)cc1. The summed E-state index contributed by atoms with van der Waals surface area (Å²) < 4.78 is 5.73. The summed E-state index contributed by atoms with van der Waals surface area (Å²) in [5.74, 6) is 1.13. The lowest BCUT2D eigenvalue weighted by atomic mass is 10.2. The molecule has 0 radical (unpaired) electrons. The molecule has 0 spiro atoms. The van der Waals surface area contributed by atoms with Crippen LogP contribution in [0.15, 0.2) is 79.1 Å². The maximum absolute atomic E-state index is 12.0. The lowest BCUT2D eigenvalue weighted by molar-refractivity contribution is -0.111. The first kappa shape index (κ1) is 17.4. The molecule has 0 aliphatic heterocycles. The zero-order valence-electron chi connectivity index (χ0n) is 14.0. The summed E-state index contributed by atoms with van der Waals surface area (Å²) in [4.78, 5) is 15.9. The molecule has 26 heavy (non-hydrogen) atoms. The van der Waals surface area contributed by atoms with Crippen LogP contribution in [0.25, 0.3) is 6.08 Å². The van der Waals surface area contributed by atoms with Gasteiger partial charge in [0.2, 0.25) is 5.91 Å². The van der Waals surface area contributed by atoms with E-state index in [9.17, 15) is 4.79 Å². The molecule has 3 rings (SSSR count). The van der Waals surface area contributed by atoms with Gasteiger partial charge in [-0.1, -0.05) is 12.1 Å². The highest BCUT2D eigenvalue weighted by atomic mass is 16.5. The van der Waals surface area contributed by atoms with Crippen LogP contribution in [-0.4, -0.2) is 16.0 Å². The van der Waals surface area contributed by atoms with Crippen LogP contribution in [0.3, 0.4) is 0 Å². The molecule has 3 aromatic rings. The first-order valence-electron chi connectivity index (χ1n) is 8.10. The standard InChI is InChI=1S/C21H18N2O3/c24-15-17-1-6-19(7-2-17)26-20-8-4-18(5-9-20)23-21(25)10-3-16-11-13-22-14-12-16/h1-14,24H,15H2,(H,23,25)/b10-3+. The van der Waals surface area contributed by atoms with Crippen molar-refractivity contribution in [3.63, 3.8) is 0 Å². The van der Waals surface area contributed by atoms with E-state index in [0.29, 0.717) is 17.2 Å². The van der Waals surface area contributed by atoms with Crippen molar-refractivity contribution in [2.75, 3.05) is 5.32 Å². The number of ether oxygens (including phenoxy) is 1. The number of anilines is 1. The van der Waals surface area contributed by atoms with E-state index in [0.717, 1.165) is 11.1 Å². The van der Waals surface area contributed by atoms with E-state index < -0.39 is 0 Å². The Labute approximate surface area is 151 Å². The highest BCUT2D eigenvalue weighted by Gasteiger charge is 2.01. The molecule has 5 heteroatoms. The fourth-order valence-electron chi connectivity index (χ4n) is 2.24. The van der Waals surface area contributed by atoms with Crippen molar-refractivity contribution < 1.29 is 14.6 Å². The smallest absolute Gasteiger partial charge is 0.248 e. The van der Waals surface area contributed by atoms with E-state index in [1.54, 1.807) is 67.0 Å². The van der Waals surface area contributed by atoms with Crippen molar-refractivity contribution >= 4 is 17.7 Å². The van der Waals surface area contributed by atoms with Gasteiger partial charge < -0.3 is 15.2 Å². The van der Waals surface area contributed by atoms with Gasteiger partial charge in [-0.2, -0.15) is 0 Å². The van der Waals surface area contributed by atoms with Crippen LogP contribution < -0.4 is 10.1 Å². The minimum atomic E-state index is -0.213. The van der Waals surface area contributed by atoms with E-state index in [-0.39, 0.29) is 12.5 Å². The number of aliphatic hydroxyl groups is 1. The number of rotatable bonds is 6. The summed E-state index contributed by atoms with van der Waals surface area (Å²) in [7, 11) is 0. The summed E-state index contributed by atoms with van der Waals surface area (Å²) >= 11 is 0. The fourth-order valence-corrected chi connectivity index (χ4v) is 2.24. The number of hydrogen-bond acceptors (Lipinski definition) is 4. The van der Waals surface area contributed by atoms with Crippen molar-refractivity contribution in [2.24, 2.45) is 0 Å². The molecule has 1 aromatic heterocycles. The van der Waals surface area contributed by atoms with Gasteiger partial charge in [-0.25, -0.2) is 0 Å².